The monoisotopic (exact) mass is 313 g/mol. The van der Waals surface area contributed by atoms with Crippen molar-refractivity contribution in [3.8, 4) is 5.75 Å². The van der Waals surface area contributed by atoms with Crippen molar-refractivity contribution >= 4 is 17.6 Å². The molecule has 0 aromatic heterocycles. The first kappa shape index (κ1) is 16.5. The van der Waals surface area contributed by atoms with E-state index in [9.17, 15) is 9.59 Å². The predicted molar refractivity (Wildman–Crippen MR) is 87.2 cm³/mol. The fourth-order valence-corrected chi connectivity index (χ4v) is 2.01. The summed E-state index contributed by atoms with van der Waals surface area (Å²) in [7, 11) is 1.60. The van der Waals surface area contributed by atoms with Crippen LogP contribution in [0.25, 0.3) is 0 Å². The molecule has 0 heterocycles. The summed E-state index contributed by atoms with van der Waals surface area (Å²) in [5.41, 5.74) is 2.44. The van der Waals surface area contributed by atoms with Crippen molar-refractivity contribution in [3.63, 3.8) is 0 Å². The predicted octanol–water partition coefficient (Wildman–Crippen LogP) is 2.94. The maximum atomic E-state index is 11.9. The van der Waals surface area contributed by atoms with E-state index < -0.39 is 0 Å². The molecule has 0 unspecified atom stereocenters. The third kappa shape index (κ3) is 5.47. The van der Waals surface area contributed by atoms with Gasteiger partial charge in [0.05, 0.1) is 13.5 Å². The summed E-state index contributed by atoms with van der Waals surface area (Å²) < 4.78 is 10.3. The zero-order valence-corrected chi connectivity index (χ0v) is 13.2. The van der Waals surface area contributed by atoms with E-state index in [1.807, 2.05) is 24.3 Å². The van der Waals surface area contributed by atoms with Crippen LogP contribution in [0.2, 0.25) is 0 Å². The second kappa shape index (κ2) is 7.98. The van der Waals surface area contributed by atoms with Crippen molar-refractivity contribution < 1.29 is 19.1 Å². The summed E-state index contributed by atoms with van der Waals surface area (Å²) in [5.74, 6) is 0.337. The van der Waals surface area contributed by atoms with Gasteiger partial charge in [-0.1, -0.05) is 24.3 Å². The highest BCUT2D eigenvalue weighted by Crippen LogP contribution is 2.13. The lowest BCUT2D eigenvalue weighted by atomic mass is 10.1. The molecule has 0 saturated carbocycles. The maximum Gasteiger partial charge on any atom is 0.310 e. The Kier molecular flexibility index (Phi) is 5.74. The molecule has 0 spiro atoms. The fourth-order valence-electron chi connectivity index (χ4n) is 2.01. The highest BCUT2D eigenvalue weighted by molar-refractivity contribution is 5.88. The van der Waals surface area contributed by atoms with E-state index in [4.69, 9.17) is 9.47 Å². The Balaban J connectivity index is 1.82. The lowest BCUT2D eigenvalue weighted by Crippen LogP contribution is -2.09. The molecule has 0 atom stereocenters. The topological polar surface area (TPSA) is 64.6 Å². The van der Waals surface area contributed by atoms with Gasteiger partial charge in [-0.2, -0.15) is 0 Å². The van der Waals surface area contributed by atoms with Crippen LogP contribution in [0.5, 0.6) is 5.75 Å². The van der Waals surface area contributed by atoms with Crippen molar-refractivity contribution in [2.45, 2.75) is 20.0 Å². The Labute approximate surface area is 135 Å². The molecule has 0 fully saturated rings. The number of anilines is 1. The van der Waals surface area contributed by atoms with E-state index >= 15 is 0 Å². The highest BCUT2D eigenvalue weighted by Gasteiger charge is 2.06. The van der Waals surface area contributed by atoms with Crippen LogP contribution in [-0.4, -0.2) is 19.0 Å². The number of hydrogen-bond acceptors (Lipinski definition) is 4. The molecule has 0 aliphatic carbocycles. The summed E-state index contributed by atoms with van der Waals surface area (Å²) in [6.45, 7) is 1.68. The molecule has 120 valence electrons. The number of esters is 1. The molecule has 0 aliphatic rings. The molecule has 5 heteroatoms. The minimum atomic E-state index is -0.298. The Morgan fingerprint density at radius 3 is 2.13 bits per heavy atom. The average Bonchev–Trinajstić information content (AvgIpc) is 2.55. The summed E-state index contributed by atoms with van der Waals surface area (Å²) in [5, 5.41) is 2.68. The van der Waals surface area contributed by atoms with Gasteiger partial charge in [0.15, 0.2) is 0 Å². The first-order valence-corrected chi connectivity index (χ1v) is 7.22. The fraction of sp³-hybridized carbons (Fsp3) is 0.222. The molecule has 0 aliphatic heterocycles. The van der Waals surface area contributed by atoms with Gasteiger partial charge in [-0.3, -0.25) is 9.59 Å². The van der Waals surface area contributed by atoms with Gasteiger partial charge in [0.2, 0.25) is 5.91 Å². The van der Waals surface area contributed by atoms with Crippen LogP contribution in [0.1, 0.15) is 18.1 Å². The number of amides is 1. The van der Waals surface area contributed by atoms with Gasteiger partial charge in [0, 0.05) is 12.6 Å². The number of ether oxygens (including phenoxy) is 2. The molecule has 23 heavy (non-hydrogen) atoms. The van der Waals surface area contributed by atoms with E-state index in [0.29, 0.717) is 5.69 Å². The molecule has 0 saturated heterocycles. The van der Waals surface area contributed by atoms with Gasteiger partial charge in [-0.05, 0) is 35.4 Å². The largest absolute Gasteiger partial charge is 0.497 e. The number of rotatable bonds is 6. The summed E-state index contributed by atoms with van der Waals surface area (Å²) >= 11 is 0. The van der Waals surface area contributed by atoms with Gasteiger partial charge in [-0.15, -0.1) is 0 Å². The first-order valence-electron chi connectivity index (χ1n) is 7.22. The van der Waals surface area contributed by atoms with Gasteiger partial charge >= 0.3 is 5.97 Å². The molecule has 2 aromatic rings. The number of nitrogens with one attached hydrogen (secondary N) is 1. The van der Waals surface area contributed by atoms with Crippen molar-refractivity contribution in [2.75, 3.05) is 12.4 Å². The normalized spacial score (nSPS) is 10.0. The zero-order valence-electron chi connectivity index (χ0n) is 13.2. The molecule has 2 aromatic carbocycles. The van der Waals surface area contributed by atoms with Crippen LogP contribution in [0, 0.1) is 0 Å². The van der Waals surface area contributed by atoms with E-state index in [-0.39, 0.29) is 24.9 Å². The SMILES string of the molecule is COc1ccc(COC(=O)Cc2ccc(NC(C)=O)cc2)cc1. The Hall–Kier alpha value is -2.82. The Morgan fingerprint density at radius 1 is 0.957 bits per heavy atom. The van der Waals surface area contributed by atoms with Crippen LogP contribution in [0.15, 0.2) is 48.5 Å². The molecular weight excluding hydrogens is 294 g/mol. The second-order valence-electron chi connectivity index (χ2n) is 5.06. The van der Waals surface area contributed by atoms with Crippen LogP contribution in [-0.2, 0) is 27.4 Å². The van der Waals surface area contributed by atoms with E-state index in [1.54, 1.807) is 31.4 Å². The number of hydrogen-bond donors (Lipinski definition) is 1. The van der Waals surface area contributed by atoms with Crippen molar-refractivity contribution in [2.24, 2.45) is 0 Å². The molecule has 1 amide bonds. The highest BCUT2D eigenvalue weighted by atomic mass is 16.5. The Morgan fingerprint density at radius 2 is 1.57 bits per heavy atom. The van der Waals surface area contributed by atoms with E-state index in [2.05, 4.69) is 5.32 Å². The molecule has 1 N–H and O–H groups in total. The third-order valence-electron chi connectivity index (χ3n) is 3.18. The van der Waals surface area contributed by atoms with Crippen molar-refractivity contribution in [1.29, 1.82) is 0 Å². The van der Waals surface area contributed by atoms with Crippen LogP contribution in [0.4, 0.5) is 5.69 Å². The average molecular weight is 313 g/mol. The molecule has 0 radical (unpaired) electrons. The lowest BCUT2D eigenvalue weighted by molar-refractivity contribution is -0.144. The van der Waals surface area contributed by atoms with Crippen LogP contribution < -0.4 is 10.1 Å². The standard InChI is InChI=1S/C18H19NO4/c1-13(20)19-16-7-3-14(4-8-16)11-18(21)23-12-15-5-9-17(22-2)10-6-15/h3-10H,11-12H2,1-2H3,(H,19,20). The van der Waals surface area contributed by atoms with Gasteiger partial charge in [-0.25, -0.2) is 0 Å². The lowest BCUT2D eigenvalue weighted by Gasteiger charge is -2.07. The summed E-state index contributed by atoms with van der Waals surface area (Å²) in [4.78, 5) is 22.8. The van der Waals surface area contributed by atoms with Crippen molar-refractivity contribution in [3.05, 3.63) is 59.7 Å². The third-order valence-corrected chi connectivity index (χ3v) is 3.18. The quantitative estimate of drug-likeness (QED) is 0.833. The van der Waals surface area contributed by atoms with Crippen LogP contribution >= 0.6 is 0 Å². The number of carbonyl (C=O) groups is 2. The molecule has 2 rings (SSSR count). The number of methoxy groups -OCH3 is 1. The van der Waals surface area contributed by atoms with Gasteiger partial charge in [0.25, 0.3) is 0 Å². The van der Waals surface area contributed by atoms with Crippen LogP contribution in [0.3, 0.4) is 0 Å². The van der Waals surface area contributed by atoms with Crippen molar-refractivity contribution in [1.82, 2.24) is 0 Å². The molecule has 0 bridgehead atoms. The van der Waals surface area contributed by atoms with Gasteiger partial charge in [0.1, 0.15) is 12.4 Å². The molecular formula is C18H19NO4. The zero-order chi connectivity index (χ0) is 16.7. The van der Waals surface area contributed by atoms with E-state index in [0.717, 1.165) is 16.9 Å². The summed E-state index contributed by atoms with van der Waals surface area (Å²) in [6.07, 6.45) is 0.191. The first-order chi connectivity index (χ1) is 11.1. The van der Waals surface area contributed by atoms with Gasteiger partial charge < -0.3 is 14.8 Å². The smallest absolute Gasteiger partial charge is 0.310 e. The summed E-state index contributed by atoms with van der Waals surface area (Å²) in [6, 6.07) is 14.5. The molecule has 5 nitrogen and oxygen atoms in total. The Bertz CT molecular complexity index is 662. The minimum Gasteiger partial charge on any atom is -0.497 e. The number of carbonyl (C=O) groups excluding carboxylic acids is 2. The minimum absolute atomic E-state index is 0.128. The van der Waals surface area contributed by atoms with E-state index in [1.165, 1.54) is 6.92 Å². The maximum absolute atomic E-state index is 11.9. The number of benzene rings is 2. The second-order valence-corrected chi connectivity index (χ2v) is 5.06.